The van der Waals surface area contributed by atoms with Crippen molar-refractivity contribution < 1.29 is 14.1 Å². The summed E-state index contributed by atoms with van der Waals surface area (Å²) >= 11 is 4.48. The first kappa shape index (κ1) is 5.39. The molecule has 0 aliphatic carbocycles. The van der Waals surface area contributed by atoms with Gasteiger partial charge in [0.15, 0.2) is 10.5 Å². The SMILES string of the molecule is [SiH3]OOOCl. The van der Waals surface area contributed by atoms with Crippen LogP contribution in [0.15, 0.2) is 0 Å². The molecule has 0 saturated carbocycles. The zero-order valence-corrected chi connectivity index (χ0v) is 5.36. The van der Waals surface area contributed by atoms with Crippen molar-refractivity contribution in [2.45, 2.75) is 0 Å². The van der Waals surface area contributed by atoms with Gasteiger partial charge in [-0.05, 0) is 0 Å². The molecule has 32 valence electrons. The van der Waals surface area contributed by atoms with Crippen LogP contribution >= 0.6 is 11.9 Å². The minimum absolute atomic E-state index is 0.467. The summed E-state index contributed by atoms with van der Waals surface area (Å²) in [6, 6.07) is 0. The third-order valence-corrected chi connectivity index (χ3v) is 0.281. The Morgan fingerprint density at radius 2 is 2.20 bits per heavy atom. The summed E-state index contributed by atoms with van der Waals surface area (Å²) in [5, 5.41) is 3.66. The second-order valence-electron chi connectivity index (χ2n) is 0.298. The molecule has 0 heterocycles. The van der Waals surface area contributed by atoms with Gasteiger partial charge in [0, 0.05) is 0 Å². The Morgan fingerprint density at radius 1 is 1.60 bits per heavy atom. The topological polar surface area (TPSA) is 27.7 Å². The maximum Gasteiger partial charge on any atom is 0.197 e. The summed E-state index contributed by atoms with van der Waals surface area (Å²) in [6.45, 7) is 0. The molecule has 0 aliphatic rings. The highest BCUT2D eigenvalue weighted by molar-refractivity contribution is 6.06. The van der Waals surface area contributed by atoms with Crippen LogP contribution in [0.5, 0.6) is 0 Å². The lowest BCUT2D eigenvalue weighted by atomic mass is 14.6. The zero-order chi connectivity index (χ0) is 4.12. The molecule has 0 aromatic rings. The fourth-order valence-corrected chi connectivity index (χ4v) is 0.231. The van der Waals surface area contributed by atoms with Crippen LogP contribution in [0.25, 0.3) is 0 Å². The van der Waals surface area contributed by atoms with Gasteiger partial charge in [-0.2, -0.15) is 0 Å². The quantitative estimate of drug-likeness (QED) is 0.270. The van der Waals surface area contributed by atoms with Gasteiger partial charge in [0.25, 0.3) is 0 Å². The van der Waals surface area contributed by atoms with E-state index in [1.54, 1.807) is 0 Å². The molecule has 0 aromatic carbocycles. The second-order valence-corrected chi connectivity index (χ2v) is 0.757. The molecule has 0 fully saturated rings. The fourth-order valence-electron chi connectivity index (χ4n) is 0.0257. The van der Waals surface area contributed by atoms with E-state index in [4.69, 9.17) is 0 Å². The maximum atomic E-state index is 4.48. The summed E-state index contributed by atoms with van der Waals surface area (Å²) in [5.74, 6) is 0. The Bertz CT molecular complexity index is 14.4. The normalized spacial score (nSPS) is 9.00. The van der Waals surface area contributed by atoms with Crippen molar-refractivity contribution >= 4 is 22.4 Å². The van der Waals surface area contributed by atoms with E-state index in [1.165, 1.54) is 0 Å². The largest absolute Gasteiger partial charge is 0.268 e. The van der Waals surface area contributed by atoms with Crippen molar-refractivity contribution in [3.05, 3.63) is 0 Å². The average molecular weight is 115 g/mol. The van der Waals surface area contributed by atoms with Gasteiger partial charge in [0.2, 0.25) is 0 Å². The van der Waals surface area contributed by atoms with Gasteiger partial charge in [0.05, 0.1) is 0 Å². The van der Waals surface area contributed by atoms with Crippen LogP contribution < -0.4 is 0 Å². The van der Waals surface area contributed by atoms with Crippen LogP contribution in [0.2, 0.25) is 0 Å². The third kappa shape index (κ3) is 4.39. The minimum atomic E-state index is 0.467. The monoisotopic (exact) mass is 114 g/mol. The van der Waals surface area contributed by atoms with Crippen LogP contribution in [0, 0.1) is 0 Å². The third-order valence-electron chi connectivity index (χ3n) is 0.0938. The number of rotatable bonds is 2. The van der Waals surface area contributed by atoms with Crippen LogP contribution in [0.1, 0.15) is 0 Å². The average Bonchev–Trinajstić information content (AvgIpc) is 1.41. The predicted molar refractivity (Wildman–Crippen MR) is 19.0 cm³/mol. The van der Waals surface area contributed by atoms with E-state index >= 15 is 0 Å². The van der Waals surface area contributed by atoms with E-state index in [-0.39, 0.29) is 0 Å². The zero-order valence-electron chi connectivity index (χ0n) is 2.60. The van der Waals surface area contributed by atoms with Crippen LogP contribution in [0.4, 0.5) is 0 Å². The first-order chi connectivity index (χ1) is 2.41. The van der Waals surface area contributed by atoms with Gasteiger partial charge in [0.1, 0.15) is 11.9 Å². The van der Waals surface area contributed by atoms with Gasteiger partial charge in [-0.3, -0.25) is 4.58 Å². The molecular formula is H3ClO3Si. The smallest absolute Gasteiger partial charge is 0.197 e. The minimum Gasteiger partial charge on any atom is -0.268 e. The molecule has 0 radical (unpaired) electrons. The first-order valence-electron chi connectivity index (χ1n) is 0.896. The van der Waals surface area contributed by atoms with Gasteiger partial charge in [-0.15, -0.1) is 0 Å². The molecule has 5 heavy (non-hydrogen) atoms. The molecule has 0 N–H and O–H groups in total. The van der Waals surface area contributed by atoms with E-state index in [2.05, 4.69) is 25.9 Å². The molecule has 0 aromatic heterocycles. The van der Waals surface area contributed by atoms with Gasteiger partial charge in [-0.25, -0.2) is 0 Å². The van der Waals surface area contributed by atoms with E-state index < -0.39 is 0 Å². The highest BCUT2D eigenvalue weighted by Gasteiger charge is 1.66. The number of hydrogen-bond donors (Lipinski definition) is 0. The molecule has 0 atom stereocenters. The summed E-state index contributed by atoms with van der Waals surface area (Å²) in [4.78, 5) is 0. The Morgan fingerprint density at radius 3 is 2.20 bits per heavy atom. The van der Waals surface area contributed by atoms with Crippen LogP contribution in [-0.2, 0) is 14.1 Å². The number of hydrogen-bond acceptors (Lipinski definition) is 3. The Kier molecular flexibility index (Phi) is 4.73. The van der Waals surface area contributed by atoms with Crippen molar-refractivity contribution in [1.82, 2.24) is 0 Å². The molecule has 0 unspecified atom stereocenters. The predicted octanol–water partition coefficient (Wildman–Crippen LogP) is -0.700. The Balaban J connectivity index is 2.19. The number of halogens is 1. The van der Waals surface area contributed by atoms with E-state index in [0.29, 0.717) is 10.5 Å². The van der Waals surface area contributed by atoms with Crippen LogP contribution in [-0.4, -0.2) is 10.5 Å². The highest BCUT2D eigenvalue weighted by atomic mass is 35.5. The lowest BCUT2D eigenvalue weighted by molar-refractivity contribution is -0.411. The molecule has 5 heteroatoms. The van der Waals surface area contributed by atoms with Crippen molar-refractivity contribution in [3.8, 4) is 0 Å². The van der Waals surface area contributed by atoms with Crippen LogP contribution in [0.3, 0.4) is 0 Å². The molecule has 0 rings (SSSR count). The maximum absolute atomic E-state index is 4.48. The highest BCUT2D eigenvalue weighted by Crippen LogP contribution is 1.77. The summed E-state index contributed by atoms with van der Waals surface area (Å²) in [6.07, 6.45) is 0. The molecule has 0 spiro atoms. The van der Waals surface area contributed by atoms with E-state index in [1.807, 2.05) is 0 Å². The molecule has 0 saturated heterocycles. The molecule has 3 nitrogen and oxygen atoms in total. The molecular weight excluding hydrogens is 112 g/mol. The van der Waals surface area contributed by atoms with Crippen molar-refractivity contribution in [3.63, 3.8) is 0 Å². The molecule has 0 aliphatic heterocycles. The summed E-state index contributed by atoms with van der Waals surface area (Å²) in [5.41, 5.74) is 0. The van der Waals surface area contributed by atoms with E-state index in [9.17, 15) is 0 Å². The second kappa shape index (κ2) is 4.39. The summed E-state index contributed by atoms with van der Waals surface area (Å²) in [7, 11) is 0.467. The lowest BCUT2D eigenvalue weighted by Gasteiger charge is -1.82. The Hall–Kier alpha value is 0.387. The van der Waals surface area contributed by atoms with Gasteiger partial charge in [-0.1, -0.05) is 9.48 Å². The standard InChI is InChI=1S/ClH3O3Si/c1-2-3-4-5/h5H3. The van der Waals surface area contributed by atoms with Crippen molar-refractivity contribution in [2.24, 2.45) is 0 Å². The van der Waals surface area contributed by atoms with Gasteiger partial charge < -0.3 is 0 Å². The van der Waals surface area contributed by atoms with E-state index in [0.717, 1.165) is 0 Å². The van der Waals surface area contributed by atoms with Gasteiger partial charge >= 0.3 is 0 Å². The first-order valence-corrected chi connectivity index (χ1v) is 2.02. The molecule has 0 bridgehead atoms. The summed E-state index contributed by atoms with van der Waals surface area (Å²) < 4.78 is 7.45. The lowest BCUT2D eigenvalue weighted by Crippen LogP contribution is -1.80. The molecule has 0 amide bonds. The fraction of sp³-hybridized carbons (Fsp3) is 0. The van der Waals surface area contributed by atoms with Crippen molar-refractivity contribution in [1.29, 1.82) is 0 Å². The Labute approximate surface area is 37.3 Å². The van der Waals surface area contributed by atoms with Crippen molar-refractivity contribution in [2.75, 3.05) is 0 Å².